The van der Waals surface area contributed by atoms with Crippen LogP contribution in [0.15, 0.2) is 43.2 Å². The Morgan fingerprint density at radius 3 is 2.53 bits per heavy atom. The highest BCUT2D eigenvalue weighted by Gasteiger charge is 2.34. The number of carbonyl (C=O) groups is 1. The molecular weight excluding hydrogens is 472 g/mol. The van der Waals surface area contributed by atoms with Crippen molar-refractivity contribution in [2.45, 2.75) is 38.8 Å². The number of fused-ring (bicyclic) bond motifs is 1. The molecule has 4 heterocycles. The van der Waals surface area contributed by atoms with Crippen LogP contribution in [0.5, 0.6) is 0 Å². The second kappa shape index (κ2) is 9.96. The number of rotatable bonds is 4. The molecule has 0 atom stereocenters. The fraction of sp³-hybridized carbons (Fsp3) is 0.393. The molecule has 2 aliphatic heterocycles. The van der Waals surface area contributed by atoms with Gasteiger partial charge in [0, 0.05) is 54.8 Å². The second-order valence-electron chi connectivity index (χ2n) is 9.83. The number of carbonyl (C=O) groups excluding carboxylic acids is 1. The van der Waals surface area contributed by atoms with E-state index in [9.17, 15) is 4.79 Å². The summed E-state index contributed by atoms with van der Waals surface area (Å²) in [5.74, 6) is 7.83. The van der Waals surface area contributed by atoms with Crippen molar-refractivity contribution in [2.24, 2.45) is 5.92 Å². The molecule has 5 rings (SSSR count). The van der Waals surface area contributed by atoms with Gasteiger partial charge in [-0.25, -0.2) is 9.97 Å². The fourth-order valence-corrected chi connectivity index (χ4v) is 5.46. The van der Waals surface area contributed by atoms with Crippen LogP contribution in [0.1, 0.15) is 38.4 Å². The monoisotopic (exact) mass is 502 g/mol. The molecule has 2 aliphatic rings. The van der Waals surface area contributed by atoms with Crippen molar-refractivity contribution in [3.05, 3.63) is 54.0 Å². The van der Waals surface area contributed by atoms with Crippen molar-refractivity contribution in [1.29, 1.82) is 0 Å². The van der Waals surface area contributed by atoms with Gasteiger partial charge in [0.05, 0.1) is 5.39 Å². The predicted octanol–water partition coefficient (Wildman–Crippen LogP) is 4.38. The lowest BCUT2D eigenvalue weighted by Gasteiger charge is -2.45. The average molecular weight is 503 g/mol. The van der Waals surface area contributed by atoms with Gasteiger partial charge in [-0.05, 0) is 56.4 Å². The number of amides is 1. The summed E-state index contributed by atoms with van der Waals surface area (Å²) < 4.78 is 2.16. The van der Waals surface area contributed by atoms with Gasteiger partial charge >= 0.3 is 0 Å². The van der Waals surface area contributed by atoms with Crippen LogP contribution in [0.3, 0.4) is 0 Å². The van der Waals surface area contributed by atoms with Crippen LogP contribution in [-0.4, -0.2) is 62.5 Å². The van der Waals surface area contributed by atoms with E-state index in [1.807, 2.05) is 29.2 Å². The van der Waals surface area contributed by atoms with Crippen LogP contribution in [0.25, 0.3) is 22.2 Å². The van der Waals surface area contributed by atoms with Gasteiger partial charge in [0.1, 0.15) is 23.5 Å². The van der Waals surface area contributed by atoms with Crippen molar-refractivity contribution in [2.75, 3.05) is 31.9 Å². The van der Waals surface area contributed by atoms with E-state index in [-0.39, 0.29) is 11.9 Å². The molecule has 3 aromatic rings. The number of nitrogens with zero attached hydrogens (tertiary/aromatic N) is 5. The molecule has 8 heteroatoms. The van der Waals surface area contributed by atoms with E-state index in [0.717, 1.165) is 66.9 Å². The van der Waals surface area contributed by atoms with Crippen LogP contribution in [0, 0.1) is 17.8 Å². The molecule has 0 saturated carbocycles. The molecule has 0 radical (unpaired) electrons. The van der Waals surface area contributed by atoms with Crippen molar-refractivity contribution >= 4 is 34.4 Å². The van der Waals surface area contributed by atoms with Crippen LogP contribution in [0.4, 0.5) is 5.82 Å². The van der Waals surface area contributed by atoms with Gasteiger partial charge in [-0.15, -0.1) is 0 Å². The molecule has 2 fully saturated rings. The highest BCUT2D eigenvalue weighted by molar-refractivity contribution is 6.30. The number of halogens is 1. The number of piperidine rings is 1. The van der Waals surface area contributed by atoms with Gasteiger partial charge in [-0.3, -0.25) is 9.69 Å². The number of likely N-dealkylation sites (tertiary alicyclic amines) is 2. The lowest BCUT2D eigenvalue weighted by atomic mass is 9.93. The zero-order valence-electron chi connectivity index (χ0n) is 20.7. The van der Waals surface area contributed by atoms with Crippen molar-refractivity contribution in [1.82, 2.24) is 24.3 Å². The first-order valence-corrected chi connectivity index (χ1v) is 12.8. The second-order valence-corrected chi connectivity index (χ2v) is 10.3. The summed E-state index contributed by atoms with van der Waals surface area (Å²) in [5.41, 5.74) is 10.0. The number of nitrogen functional groups attached to an aromatic ring is 1. The maximum atomic E-state index is 11.9. The van der Waals surface area contributed by atoms with E-state index < -0.39 is 0 Å². The summed E-state index contributed by atoms with van der Waals surface area (Å²) in [7, 11) is 0. The van der Waals surface area contributed by atoms with Crippen molar-refractivity contribution < 1.29 is 4.79 Å². The fourth-order valence-electron chi connectivity index (χ4n) is 5.33. The Balaban J connectivity index is 1.41. The minimum absolute atomic E-state index is 0.0307. The van der Waals surface area contributed by atoms with E-state index >= 15 is 0 Å². The van der Waals surface area contributed by atoms with E-state index in [1.54, 1.807) is 0 Å². The Hall–Kier alpha value is -3.34. The number of anilines is 1. The zero-order valence-corrected chi connectivity index (χ0v) is 21.5. The maximum Gasteiger partial charge on any atom is 0.245 e. The van der Waals surface area contributed by atoms with E-state index in [1.165, 1.54) is 12.4 Å². The third-order valence-corrected chi connectivity index (χ3v) is 7.49. The summed E-state index contributed by atoms with van der Waals surface area (Å²) in [4.78, 5) is 25.1. The Morgan fingerprint density at radius 2 is 1.89 bits per heavy atom. The molecule has 0 aliphatic carbocycles. The molecule has 0 spiro atoms. The van der Waals surface area contributed by atoms with Gasteiger partial charge in [-0.1, -0.05) is 36.2 Å². The minimum Gasteiger partial charge on any atom is -0.383 e. The number of benzene rings is 1. The van der Waals surface area contributed by atoms with Crippen molar-refractivity contribution in [3.8, 4) is 23.0 Å². The largest absolute Gasteiger partial charge is 0.383 e. The Bertz CT molecular complexity index is 1350. The Morgan fingerprint density at radius 1 is 1.19 bits per heavy atom. The molecule has 36 heavy (non-hydrogen) atoms. The Kier molecular flexibility index (Phi) is 6.74. The first-order chi connectivity index (χ1) is 17.4. The standard InChI is InChI=1S/C28H31ClN6O/c1-4-24(36)33-13-11-22(12-14-33)34-15-19(16-34)5-10-23-25(20-6-8-21(29)9-7-20)26-27(30)31-17-32-28(26)35(23)18(2)3/h4,6-9,17-19,22H,1,11-16H2,2-3H3,(H2,30,31,32). The van der Waals surface area contributed by atoms with Gasteiger partial charge in [0.15, 0.2) is 0 Å². The van der Waals surface area contributed by atoms with E-state index in [0.29, 0.717) is 22.8 Å². The van der Waals surface area contributed by atoms with Crippen molar-refractivity contribution in [3.63, 3.8) is 0 Å². The van der Waals surface area contributed by atoms with Gasteiger partial charge in [0.2, 0.25) is 5.91 Å². The van der Waals surface area contributed by atoms with E-state index in [2.05, 4.69) is 51.7 Å². The molecule has 0 unspecified atom stereocenters. The average Bonchev–Trinajstić information content (AvgIpc) is 3.19. The summed E-state index contributed by atoms with van der Waals surface area (Å²) >= 11 is 6.17. The van der Waals surface area contributed by atoms with E-state index in [4.69, 9.17) is 17.3 Å². The predicted molar refractivity (Wildman–Crippen MR) is 145 cm³/mol. The summed E-state index contributed by atoms with van der Waals surface area (Å²) in [5, 5.41) is 1.51. The van der Waals surface area contributed by atoms with Gasteiger partial charge in [-0.2, -0.15) is 0 Å². The molecule has 2 saturated heterocycles. The zero-order chi connectivity index (χ0) is 25.4. The number of aromatic nitrogens is 3. The molecule has 2 aromatic heterocycles. The maximum absolute atomic E-state index is 11.9. The summed E-state index contributed by atoms with van der Waals surface area (Å²) in [6.45, 7) is 11.3. The molecule has 0 bridgehead atoms. The number of hydrogen-bond donors (Lipinski definition) is 1. The third-order valence-electron chi connectivity index (χ3n) is 7.23. The van der Waals surface area contributed by atoms with Crippen LogP contribution in [0.2, 0.25) is 5.02 Å². The molecule has 186 valence electrons. The normalized spacial score (nSPS) is 17.2. The summed E-state index contributed by atoms with van der Waals surface area (Å²) in [6, 6.07) is 8.41. The molecule has 1 amide bonds. The highest BCUT2D eigenvalue weighted by atomic mass is 35.5. The first-order valence-electron chi connectivity index (χ1n) is 12.4. The number of nitrogens with two attached hydrogens (primary N) is 1. The van der Waals surface area contributed by atoms with Crippen LogP contribution < -0.4 is 5.73 Å². The lowest BCUT2D eigenvalue weighted by Crippen LogP contribution is -2.55. The summed E-state index contributed by atoms with van der Waals surface area (Å²) in [6.07, 6.45) is 4.92. The molecular formula is C28H31ClN6O. The Labute approximate surface area is 216 Å². The number of hydrogen-bond acceptors (Lipinski definition) is 5. The minimum atomic E-state index is 0.0307. The van der Waals surface area contributed by atoms with Crippen LogP contribution >= 0.6 is 11.6 Å². The quantitative estimate of drug-likeness (QED) is 0.423. The molecule has 7 nitrogen and oxygen atoms in total. The van der Waals surface area contributed by atoms with Gasteiger partial charge < -0.3 is 15.2 Å². The first kappa shape index (κ1) is 24.4. The topological polar surface area (TPSA) is 80.3 Å². The molecule has 1 aromatic carbocycles. The molecule has 2 N–H and O–H groups in total. The lowest BCUT2D eigenvalue weighted by molar-refractivity contribution is -0.127. The smallest absolute Gasteiger partial charge is 0.245 e. The third kappa shape index (κ3) is 4.47. The SMILES string of the molecule is C=CC(=O)N1CCC(N2CC(C#Cc3c(-c4ccc(Cl)cc4)c4c(N)ncnc4n3C(C)C)C2)CC1. The highest BCUT2D eigenvalue weighted by Crippen LogP contribution is 2.38. The van der Waals surface area contributed by atoms with Gasteiger partial charge in [0.25, 0.3) is 0 Å². The van der Waals surface area contributed by atoms with Crippen LogP contribution in [-0.2, 0) is 4.79 Å².